The van der Waals surface area contributed by atoms with Crippen LogP contribution in [0.1, 0.15) is 38.5 Å². The molecule has 1 amide bonds. The van der Waals surface area contributed by atoms with Crippen LogP contribution >= 0.6 is 0 Å². The zero-order valence-electron chi connectivity index (χ0n) is 10.3. The van der Waals surface area contributed by atoms with Crippen LogP contribution in [0, 0.1) is 13.8 Å². The van der Waals surface area contributed by atoms with Gasteiger partial charge in [-0.15, -0.1) is 0 Å². The zero-order valence-corrected chi connectivity index (χ0v) is 10.3. The fraction of sp³-hybridized carbons (Fsp3) is 0.455. The lowest BCUT2D eigenvalue weighted by molar-refractivity contribution is -0.132. The molecule has 5 nitrogen and oxygen atoms in total. The number of aromatic carboxylic acids is 1. The molecule has 0 bridgehead atoms. The summed E-state index contributed by atoms with van der Waals surface area (Å²) >= 11 is 0. The third kappa shape index (κ3) is 3.73. The first-order valence-electron chi connectivity index (χ1n) is 5.41. The molecule has 1 heterocycles. The monoisotopic (exact) mass is 278 g/mol. The van der Waals surface area contributed by atoms with E-state index in [1.54, 1.807) is 0 Å². The van der Waals surface area contributed by atoms with Crippen molar-refractivity contribution in [3.05, 3.63) is 22.5 Å². The van der Waals surface area contributed by atoms with Gasteiger partial charge in [-0.1, -0.05) is 0 Å². The molecule has 0 saturated heterocycles. The van der Waals surface area contributed by atoms with Gasteiger partial charge in [0, 0.05) is 12.2 Å². The SMILES string of the molecule is Cc1[nH]c(C(=O)O)c(C)c1C(=O)NCCC(F)(F)F. The highest BCUT2D eigenvalue weighted by atomic mass is 19.4. The highest BCUT2D eigenvalue weighted by Crippen LogP contribution is 2.20. The molecular weight excluding hydrogens is 265 g/mol. The lowest BCUT2D eigenvalue weighted by Crippen LogP contribution is -2.28. The van der Waals surface area contributed by atoms with Gasteiger partial charge >= 0.3 is 12.1 Å². The van der Waals surface area contributed by atoms with E-state index in [0.717, 1.165) is 0 Å². The number of H-pyrrole nitrogens is 1. The lowest BCUT2D eigenvalue weighted by atomic mass is 10.1. The standard InChI is InChI=1S/C11H13F3N2O3/c1-5-7(6(2)16-8(5)10(18)19)9(17)15-4-3-11(12,13)14/h16H,3-4H2,1-2H3,(H,15,17)(H,18,19). The largest absolute Gasteiger partial charge is 0.477 e. The van der Waals surface area contributed by atoms with Crippen molar-refractivity contribution in [3.8, 4) is 0 Å². The molecule has 0 aliphatic rings. The number of carboxylic acids is 1. The molecular formula is C11H13F3N2O3. The van der Waals surface area contributed by atoms with E-state index in [0.29, 0.717) is 5.69 Å². The molecule has 0 atom stereocenters. The first-order chi connectivity index (χ1) is 8.63. The number of carbonyl (C=O) groups excluding carboxylic acids is 1. The van der Waals surface area contributed by atoms with Crippen LogP contribution in [0.25, 0.3) is 0 Å². The summed E-state index contributed by atoms with van der Waals surface area (Å²) in [5.41, 5.74) is 0.437. The van der Waals surface area contributed by atoms with Crippen LogP contribution in [0.2, 0.25) is 0 Å². The Bertz CT molecular complexity index is 506. The van der Waals surface area contributed by atoms with E-state index in [4.69, 9.17) is 5.11 Å². The van der Waals surface area contributed by atoms with Crippen molar-refractivity contribution in [2.24, 2.45) is 0 Å². The number of rotatable bonds is 4. The highest BCUT2D eigenvalue weighted by Gasteiger charge is 2.27. The van der Waals surface area contributed by atoms with Crippen molar-refractivity contribution in [2.45, 2.75) is 26.4 Å². The van der Waals surface area contributed by atoms with Crippen molar-refractivity contribution >= 4 is 11.9 Å². The van der Waals surface area contributed by atoms with Crippen LogP contribution in [0.15, 0.2) is 0 Å². The van der Waals surface area contributed by atoms with Crippen LogP contribution in [-0.2, 0) is 0 Å². The van der Waals surface area contributed by atoms with E-state index < -0.39 is 31.0 Å². The number of carboxylic acid groups (broad SMARTS) is 1. The fourth-order valence-electron chi connectivity index (χ4n) is 1.71. The number of aryl methyl sites for hydroxylation is 1. The van der Waals surface area contributed by atoms with E-state index in [-0.39, 0.29) is 16.8 Å². The Balaban J connectivity index is 2.81. The normalized spacial score (nSPS) is 11.4. The van der Waals surface area contributed by atoms with Gasteiger partial charge in [0.15, 0.2) is 0 Å². The Labute approximate surface area is 106 Å². The number of hydrogen-bond donors (Lipinski definition) is 3. The number of alkyl halides is 3. The lowest BCUT2D eigenvalue weighted by Gasteiger charge is -2.08. The minimum absolute atomic E-state index is 0.0691. The Kier molecular flexibility index (Phi) is 4.23. The summed E-state index contributed by atoms with van der Waals surface area (Å²) in [7, 11) is 0. The molecule has 8 heteroatoms. The second-order valence-electron chi connectivity index (χ2n) is 4.05. The molecule has 3 N–H and O–H groups in total. The number of nitrogens with one attached hydrogen (secondary N) is 2. The first kappa shape index (κ1) is 15.1. The fourth-order valence-corrected chi connectivity index (χ4v) is 1.71. The molecule has 0 radical (unpaired) electrons. The second kappa shape index (κ2) is 5.33. The van der Waals surface area contributed by atoms with Gasteiger partial charge in [-0.3, -0.25) is 4.79 Å². The summed E-state index contributed by atoms with van der Waals surface area (Å²) in [5, 5.41) is 11.0. The maximum atomic E-state index is 11.9. The van der Waals surface area contributed by atoms with E-state index in [1.807, 2.05) is 0 Å². The molecule has 19 heavy (non-hydrogen) atoms. The smallest absolute Gasteiger partial charge is 0.390 e. The topological polar surface area (TPSA) is 82.2 Å². The molecule has 0 aliphatic heterocycles. The number of halogens is 3. The summed E-state index contributed by atoms with van der Waals surface area (Å²) in [6, 6.07) is 0. The molecule has 1 aromatic heterocycles. The number of amides is 1. The molecule has 106 valence electrons. The number of hydrogen-bond acceptors (Lipinski definition) is 2. The van der Waals surface area contributed by atoms with Crippen molar-refractivity contribution in [3.63, 3.8) is 0 Å². The number of aromatic amines is 1. The highest BCUT2D eigenvalue weighted by molar-refractivity contribution is 6.00. The van der Waals surface area contributed by atoms with Gasteiger partial charge in [0.2, 0.25) is 0 Å². The van der Waals surface area contributed by atoms with Gasteiger partial charge in [-0.2, -0.15) is 13.2 Å². The van der Waals surface area contributed by atoms with Gasteiger partial charge in [0.25, 0.3) is 5.91 Å². The van der Waals surface area contributed by atoms with Crippen LogP contribution in [0.3, 0.4) is 0 Å². The Morgan fingerprint density at radius 1 is 1.32 bits per heavy atom. The van der Waals surface area contributed by atoms with Crippen LogP contribution in [0.4, 0.5) is 13.2 Å². The summed E-state index contributed by atoms with van der Waals surface area (Å²) in [4.78, 5) is 25.1. The molecule has 0 aromatic carbocycles. The minimum Gasteiger partial charge on any atom is -0.477 e. The zero-order chi connectivity index (χ0) is 14.8. The minimum atomic E-state index is -4.35. The average molecular weight is 278 g/mol. The quantitative estimate of drug-likeness (QED) is 0.788. The molecule has 0 unspecified atom stereocenters. The molecule has 0 aliphatic carbocycles. The maximum Gasteiger partial charge on any atom is 0.390 e. The van der Waals surface area contributed by atoms with Crippen molar-refractivity contribution < 1.29 is 27.9 Å². The van der Waals surface area contributed by atoms with E-state index in [9.17, 15) is 22.8 Å². The predicted octanol–water partition coefficient (Wildman–Crippen LogP) is 2.01. The van der Waals surface area contributed by atoms with Gasteiger partial charge in [0.05, 0.1) is 12.0 Å². The van der Waals surface area contributed by atoms with E-state index in [2.05, 4.69) is 10.3 Å². The maximum absolute atomic E-state index is 11.9. The third-order valence-corrected chi connectivity index (χ3v) is 2.57. The molecule has 1 aromatic rings. The second-order valence-corrected chi connectivity index (χ2v) is 4.05. The van der Waals surface area contributed by atoms with Gasteiger partial charge < -0.3 is 15.4 Å². The number of carbonyl (C=O) groups is 2. The summed E-state index contributed by atoms with van der Waals surface area (Å²) < 4.78 is 35.8. The van der Waals surface area contributed by atoms with Crippen molar-refractivity contribution in [1.82, 2.24) is 10.3 Å². The predicted molar refractivity (Wildman–Crippen MR) is 60.2 cm³/mol. The molecule has 1 rings (SSSR count). The Morgan fingerprint density at radius 3 is 2.32 bits per heavy atom. The summed E-state index contributed by atoms with van der Waals surface area (Å²) in [6.07, 6.45) is -5.48. The van der Waals surface area contributed by atoms with E-state index >= 15 is 0 Å². The van der Waals surface area contributed by atoms with Crippen LogP contribution < -0.4 is 5.32 Å². The molecule has 0 spiro atoms. The third-order valence-electron chi connectivity index (χ3n) is 2.57. The molecule has 0 fully saturated rings. The van der Waals surface area contributed by atoms with Crippen molar-refractivity contribution in [2.75, 3.05) is 6.54 Å². The van der Waals surface area contributed by atoms with Gasteiger partial charge in [0.1, 0.15) is 5.69 Å². The Morgan fingerprint density at radius 2 is 1.89 bits per heavy atom. The van der Waals surface area contributed by atoms with Crippen LogP contribution in [-0.4, -0.2) is 34.7 Å². The van der Waals surface area contributed by atoms with Crippen LogP contribution in [0.5, 0.6) is 0 Å². The first-order valence-corrected chi connectivity index (χ1v) is 5.41. The van der Waals surface area contributed by atoms with E-state index in [1.165, 1.54) is 13.8 Å². The average Bonchev–Trinajstić information content (AvgIpc) is 2.52. The Hall–Kier alpha value is -1.99. The van der Waals surface area contributed by atoms with Crippen molar-refractivity contribution in [1.29, 1.82) is 0 Å². The summed E-state index contributed by atoms with van der Waals surface area (Å²) in [5.74, 6) is -1.95. The van der Waals surface area contributed by atoms with Gasteiger partial charge in [-0.25, -0.2) is 4.79 Å². The molecule has 0 saturated carbocycles. The van der Waals surface area contributed by atoms with Gasteiger partial charge in [-0.05, 0) is 19.4 Å². The summed E-state index contributed by atoms with van der Waals surface area (Å²) in [6.45, 7) is 2.36. The number of aromatic nitrogens is 1.